The third-order valence-corrected chi connectivity index (χ3v) is 4.17. The van der Waals surface area contributed by atoms with Crippen LogP contribution in [0.25, 0.3) is 10.9 Å². The van der Waals surface area contributed by atoms with Gasteiger partial charge in [-0.2, -0.15) is 5.48 Å². The molecule has 2 aromatic rings. The molecule has 0 aliphatic carbocycles. The molecule has 22 heavy (non-hydrogen) atoms. The normalized spacial score (nSPS) is 17.7. The van der Waals surface area contributed by atoms with Crippen molar-refractivity contribution in [2.45, 2.75) is 39.5 Å². The van der Waals surface area contributed by atoms with E-state index in [1.165, 1.54) is 10.9 Å². The number of nitroso groups, excluding NO2 is 1. The number of hydrogen-bond acceptors (Lipinski definition) is 4. The van der Waals surface area contributed by atoms with Crippen LogP contribution in [0, 0.1) is 10.8 Å². The minimum Gasteiger partial charge on any atom is -0.342 e. The Morgan fingerprint density at radius 2 is 2.23 bits per heavy atom. The monoisotopic (exact) mass is 301 g/mol. The molecule has 1 amide bonds. The molecular formula is C16H19N3O3. The van der Waals surface area contributed by atoms with Crippen molar-refractivity contribution in [3.63, 3.8) is 0 Å². The van der Waals surface area contributed by atoms with Gasteiger partial charge in [0.25, 0.3) is 5.91 Å². The first-order chi connectivity index (χ1) is 10.6. The van der Waals surface area contributed by atoms with Gasteiger partial charge in [0.05, 0.1) is 18.2 Å². The summed E-state index contributed by atoms with van der Waals surface area (Å²) >= 11 is 0. The number of amides is 1. The molecule has 1 aliphatic rings. The van der Waals surface area contributed by atoms with Crippen molar-refractivity contribution in [2.24, 2.45) is 11.1 Å². The Hall–Kier alpha value is -2.05. The van der Waals surface area contributed by atoms with Gasteiger partial charge in [0, 0.05) is 28.2 Å². The summed E-state index contributed by atoms with van der Waals surface area (Å²) in [6.45, 7) is 5.16. The number of aromatic nitrogens is 1. The van der Waals surface area contributed by atoms with Gasteiger partial charge in [0.1, 0.15) is 6.61 Å². The third-order valence-electron chi connectivity index (χ3n) is 4.17. The Balaban J connectivity index is 2.12. The van der Waals surface area contributed by atoms with Crippen LogP contribution in [0.5, 0.6) is 0 Å². The summed E-state index contributed by atoms with van der Waals surface area (Å²) in [4.78, 5) is 27.1. The number of nitrogens with zero attached hydrogens (tertiary/aromatic N) is 2. The minimum atomic E-state index is -0.623. The Labute approximate surface area is 128 Å². The maximum absolute atomic E-state index is 11.2. The summed E-state index contributed by atoms with van der Waals surface area (Å²) in [5, 5.41) is 3.64. The summed E-state index contributed by atoms with van der Waals surface area (Å²) in [5.74, 6) is -0.252. The second-order valence-electron chi connectivity index (χ2n) is 5.89. The van der Waals surface area contributed by atoms with Crippen LogP contribution in [-0.4, -0.2) is 10.5 Å². The lowest BCUT2D eigenvalue weighted by atomic mass is 9.93. The topological polar surface area (TPSA) is 72.7 Å². The molecule has 1 N–H and O–H groups in total. The zero-order chi connectivity index (χ0) is 15.7. The predicted octanol–water partition coefficient (Wildman–Crippen LogP) is 3.06. The molecule has 1 aromatic heterocycles. The molecule has 3 rings (SSSR count). The van der Waals surface area contributed by atoms with Gasteiger partial charge in [-0.1, -0.05) is 32.0 Å². The fourth-order valence-corrected chi connectivity index (χ4v) is 3.12. The molecule has 1 atom stereocenters. The Morgan fingerprint density at radius 1 is 1.45 bits per heavy atom. The minimum absolute atomic E-state index is 0.106. The van der Waals surface area contributed by atoms with Crippen molar-refractivity contribution in [3.05, 3.63) is 40.4 Å². The molecule has 1 aliphatic heterocycles. The molecule has 0 unspecified atom stereocenters. The summed E-state index contributed by atoms with van der Waals surface area (Å²) < 4.78 is 2.07. The van der Waals surface area contributed by atoms with Crippen LogP contribution in [0.15, 0.2) is 29.4 Å². The van der Waals surface area contributed by atoms with E-state index >= 15 is 0 Å². The number of nitrogens with one attached hydrogen (secondary N) is 1. The fraction of sp³-hybridized carbons (Fsp3) is 0.438. The molecule has 6 heteroatoms. The van der Waals surface area contributed by atoms with Crippen molar-refractivity contribution >= 4 is 16.8 Å². The molecule has 0 bridgehead atoms. The highest BCUT2D eigenvalue weighted by Gasteiger charge is 2.29. The number of para-hydroxylation sites is 1. The fourth-order valence-electron chi connectivity index (χ4n) is 3.12. The van der Waals surface area contributed by atoms with Crippen LogP contribution in [-0.2, 0) is 22.8 Å². The van der Waals surface area contributed by atoms with E-state index in [1.807, 2.05) is 18.2 Å². The molecule has 0 radical (unpaired) electrons. The summed E-state index contributed by atoms with van der Waals surface area (Å²) in [6, 6.07) is 8.21. The van der Waals surface area contributed by atoms with Crippen LogP contribution in [0.3, 0.4) is 0 Å². The molecule has 2 heterocycles. The maximum Gasteiger partial charge on any atom is 0.288 e. The Bertz CT molecular complexity index is 721. The maximum atomic E-state index is 11.2. The third kappa shape index (κ3) is 2.44. The van der Waals surface area contributed by atoms with E-state index in [1.54, 1.807) is 0 Å². The molecule has 1 aromatic carbocycles. The van der Waals surface area contributed by atoms with Crippen molar-refractivity contribution in [3.8, 4) is 0 Å². The lowest BCUT2D eigenvalue weighted by molar-refractivity contribution is -0.118. The van der Waals surface area contributed by atoms with Gasteiger partial charge >= 0.3 is 0 Å². The van der Waals surface area contributed by atoms with Crippen LogP contribution < -0.4 is 5.48 Å². The molecule has 116 valence electrons. The highest BCUT2D eigenvalue weighted by Crippen LogP contribution is 2.37. The van der Waals surface area contributed by atoms with Crippen molar-refractivity contribution in [1.29, 1.82) is 0 Å². The number of hydrogen-bond donors (Lipinski definition) is 1. The molecule has 0 saturated carbocycles. The summed E-state index contributed by atoms with van der Waals surface area (Å²) in [7, 11) is 0. The number of fused-ring (bicyclic) bond motifs is 3. The first-order valence-electron chi connectivity index (χ1n) is 7.47. The average Bonchev–Trinajstić information content (AvgIpc) is 2.86. The van der Waals surface area contributed by atoms with Gasteiger partial charge in [-0.15, -0.1) is 4.91 Å². The Morgan fingerprint density at radius 3 is 2.95 bits per heavy atom. The van der Waals surface area contributed by atoms with Gasteiger partial charge < -0.3 is 4.57 Å². The molecule has 0 fully saturated rings. The average molecular weight is 301 g/mol. The lowest BCUT2D eigenvalue weighted by Crippen LogP contribution is -2.31. The van der Waals surface area contributed by atoms with Gasteiger partial charge in [-0.05, 0) is 12.0 Å². The van der Waals surface area contributed by atoms with Gasteiger partial charge in [-0.25, -0.2) is 0 Å². The number of carbonyl (C=O) groups is 1. The van der Waals surface area contributed by atoms with Crippen LogP contribution in [0.1, 0.15) is 37.6 Å². The zero-order valence-electron chi connectivity index (χ0n) is 12.7. The van der Waals surface area contributed by atoms with E-state index in [4.69, 9.17) is 4.84 Å². The molecule has 0 saturated heterocycles. The molecular weight excluding hydrogens is 282 g/mol. The van der Waals surface area contributed by atoms with Gasteiger partial charge in [0.15, 0.2) is 0 Å². The van der Waals surface area contributed by atoms with Gasteiger partial charge in [-0.3, -0.25) is 9.63 Å². The lowest BCUT2D eigenvalue weighted by Gasteiger charge is -2.28. The smallest absolute Gasteiger partial charge is 0.288 e. The summed E-state index contributed by atoms with van der Waals surface area (Å²) in [5.41, 5.74) is 6.46. The van der Waals surface area contributed by atoms with E-state index in [0.29, 0.717) is 19.1 Å². The van der Waals surface area contributed by atoms with Crippen LogP contribution >= 0.6 is 0 Å². The molecule has 0 spiro atoms. The largest absolute Gasteiger partial charge is 0.342 e. The Kier molecular flexibility index (Phi) is 4.04. The van der Waals surface area contributed by atoms with Crippen LogP contribution in [0.2, 0.25) is 0 Å². The first-order valence-corrected chi connectivity index (χ1v) is 7.47. The highest BCUT2D eigenvalue weighted by molar-refractivity contribution is 5.86. The van der Waals surface area contributed by atoms with Crippen molar-refractivity contribution in [2.75, 3.05) is 0 Å². The second-order valence-corrected chi connectivity index (χ2v) is 5.89. The number of hydroxylamine groups is 1. The standard InChI is InChI=1S/C16H19N3O3/c1-10(2)16-15-11-5-3-4-6-12(11)19(8-7-14(20)17-21)13(15)9-22-18-16/h3-6,10,16,18H,7-9H2,1-2H3/t16-/m1/s1. The quantitative estimate of drug-likeness (QED) is 0.881. The number of benzene rings is 1. The summed E-state index contributed by atoms with van der Waals surface area (Å²) in [6.07, 6.45) is 0.106. The van der Waals surface area contributed by atoms with E-state index in [0.717, 1.165) is 11.2 Å². The van der Waals surface area contributed by atoms with Crippen molar-refractivity contribution in [1.82, 2.24) is 10.0 Å². The van der Waals surface area contributed by atoms with E-state index in [2.05, 4.69) is 35.1 Å². The predicted molar refractivity (Wildman–Crippen MR) is 82.9 cm³/mol. The zero-order valence-corrected chi connectivity index (χ0v) is 12.7. The van der Waals surface area contributed by atoms with E-state index in [-0.39, 0.29) is 12.5 Å². The number of aryl methyl sites for hydroxylation is 1. The SMILES string of the molecule is CC(C)[C@H]1NOCc2c1c1ccccc1n2CCC(=O)N=O. The van der Waals surface area contributed by atoms with Crippen LogP contribution in [0.4, 0.5) is 0 Å². The second kappa shape index (κ2) is 5.98. The van der Waals surface area contributed by atoms with E-state index in [9.17, 15) is 9.70 Å². The van der Waals surface area contributed by atoms with Gasteiger partial charge in [0.2, 0.25) is 0 Å². The van der Waals surface area contributed by atoms with Crippen molar-refractivity contribution < 1.29 is 9.63 Å². The highest BCUT2D eigenvalue weighted by atomic mass is 16.6. The van der Waals surface area contributed by atoms with E-state index < -0.39 is 5.91 Å². The number of carbonyl (C=O) groups excluding carboxylic acids is 1. The molecule has 6 nitrogen and oxygen atoms in total. The number of rotatable bonds is 4. The first kappa shape index (κ1) is 14.9.